The van der Waals surface area contributed by atoms with Crippen LogP contribution in [0.1, 0.15) is 33.6 Å². The Hall–Kier alpha value is -1.89. The van der Waals surface area contributed by atoms with Crippen LogP contribution >= 0.6 is 11.8 Å². The number of hydrogen-bond acceptors (Lipinski definition) is 8. The van der Waals surface area contributed by atoms with Crippen LogP contribution in [0.3, 0.4) is 0 Å². The Morgan fingerprint density at radius 2 is 1.43 bits per heavy atom. The lowest BCUT2D eigenvalue weighted by atomic mass is 10.0. The number of aliphatic hydroxyl groups excluding tert-OH is 2. The first kappa shape index (κ1) is 28.1. The molecule has 30 heavy (non-hydrogen) atoms. The highest BCUT2D eigenvalue weighted by molar-refractivity contribution is 7.98. The van der Waals surface area contributed by atoms with Gasteiger partial charge in [-0.15, -0.1) is 0 Å². The van der Waals surface area contributed by atoms with E-state index in [0.29, 0.717) is 5.75 Å². The molecule has 0 radical (unpaired) electrons. The van der Waals surface area contributed by atoms with Crippen molar-refractivity contribution in [2.45, 2.75) is 63.9 Å². The summed E-state index contributed by atoms with van der Waals surface area (Å²) in [6.45, 7) is 4.19. The molecule has 0 aromatic heterocycles. The van der Waals surface area contributed by atoms with E-state index in [1.165, 1.54) is 18.7 Å². The Balaban J connectivity index is 5.23. The predicted molar refractivity (Wildman–Crippen MR) is 113 cm³/mol. The van der Waals surface area contributed by atoms with Gasteiger partial charge in [-0.3, -0.25) is 14.4 Å². The lowest BCUT2D eigenvalue weighted by molar-refractivity contribution is -0.142. The number of hydrogen-bond donors (Lipinski definition) is 7. The van der Waals surface area contributed by atoms with Gasteiger partial charge in [0.15, 0.2) is 0 Å². The summed E-state index contributed by atoms with van der Waals surface area (Å²) < 4.78 is 0. The summed E-state index contributed by atoms with van der Waals surface area (Å²) in [5.74, 6) is -3.00. The molecule has 12 heteroatoms. The van der Waals surface area contributed by atoms with Gasteiger partial charge in [0.25, 0.3) is 0 Å². The topological polar surface area (TPSA) is 191 Å². The van der Waals surface area contributed by atoms with Gasteiger partial charge in [-0.25, -0.2) is 4.79 Å². The highest BCUT2D eigenvalue weighted by Crippen LogP contribution is 2.07. The molecule has 3 amide bonds. The van der Waals surface area contributed by atoms with Gasteiger partial charge in [0.05, 0.1) is 12.7 Å². The number of thioether (sulfide) groups is 1. The first-order valence-electron chi connectivity index (χ1n) is 9.61. The molecule has 8 N–H and O–H groups in total. The molecule has 0 bridgehead atoms. The standard InChI is InChI=1S/C18H34N4O7S/c1-9(2)7-12(18(28)29)21-15(25)11(5-6-30-4)20-16(26)13(8-23)22-17(27)14(19)10(3)24/h9-14,23-24H,5-8,19H2,1-4H3,(H,20,26)(H,21,25)(H,22,27)(H,28,29). The van der Waals surface area contributed by atoms with E-state index in [2.05, 4.69) is 16.0 Å². The van der Waals surface area contributed by atoms with Gasteiger partial charge in [-0.05, 0) is 37.7 Å². The van der Waals surface area contributed by atoms with Crippen molar-refractivity contribution >= 4 is 35.5 Å². The number of carboxylic acid groups (broad SMARTS) is 1. The van der Waals surface area contributed by atoms with Crippen LogP contribution in [0.2, 0.25) is 0 Å². The zero-order valence-corrected chi connectivity index (χ0v) is 18.6. The third kappa shape index (κ3) is 10.2. The summed E-state index contributed by atoms with van der Waals surface area (Å²) in [7, 11) is 0. The van der Waals surface area contributed by atoms with E-state index >= 15 is 0 Å². The molecule has 0 aliphatic rings. The van der Waals surface area contributed by atoms with Crippen LogP contribution in [0.15, 0.2) is 0 Å². The number of nitrogens with one attached hydrogen (secondary N) is 3. The SMILES string of the molecule is CSCCC(NC(=O)C(CO)NC(=O)C(N)C(C)O)C(=O)NC(CC(C)C)C(=O)O. The summed E-state index contributed by atoms with van der Waals surface area (Å²) in [6, 6.07) is -4.86. The van der Waals surface area contributed by atoms with Crippen molar-refractivity contribution < 1.29 is 34.5 Å². The summed E-state index contributed by atoms with van der Waals surface area (Å²) in [4.78, 5) is 48.4. The molecule has 174 valence electrons. The molecule has 0 fully saturated rings. The van der Waals surface area contributed by atoms with Crippen molar-refractivity contribution in [2.75, 3.05) is 18.6 Å². The van der Waals surface area contributed by atoms with Crippen LogP contribution in [0.4, 0.5) is 0 Å². The van der Waals surface area contributed by atoms with Gasteiger partial charge in [-0.1, -0.05) is 13.8 Å². The second-order valence-corrected chi connectivity index (χ2v) is 8.37. The highest BCUT2D eigenvalue weighted by Gasteiger charge is 2.30. The summed E-state index contributed by atoms with van der Waals surface area (Å²) in [5.41, 5.74) is 5.50. The molecule has 5 unspecified atom stereocenters. The van der Waals surface area contributed by atoms with E-state index in [4.69, 9.17) is 5.73 Å². The fourth-order valence-electron chi connectivity index (χ4n) is 2.42. The van der Waals surface area contributed by atoms with E-state index in [1.807, 2.05) is 20.1 Å². The van der Waals surface area contributed by atoms with Crippen molar-refractivity contribution in [1.29, 1.82) is 0 Å². The number of rotatable bonds is 14. The van der Waals surface area contributed by atoms with Crippen LogP contribution in [0, 0.1) is 5.92 Å². The molecule has 0 saturated heterocycles. The molecular formula is C18H34N4O7S. The van der Waals surface area contributed by atoms with Gasteiger partial charge in [-0.2, -0.15) is 11.8 Å². The minimum atomic E-state index is -1.39. The Morgan fingerprint density at radius 1 is 0.933 bits per heavy atom. The number of nitrogens with two attached hydrogens (primary N) is 1. The van der Waals surface area contributed by atoms with Gasteiger partial charge in [0, 0.05) is 0 Å². The third-order valence-corrected chi connectivity index (χ3v) is 4.85. The fraction of sp³-hybridized carbons (Fsp3) is 0.778. The molecule has 0 rings (SSSR count). The molecule has 0 aliphatic heterocycles. The Bertz CT molecular complexity index is 589. The Kier molecular flexibility index (Phi) is 13.3. The first-order chi connectivity index (χ1) is 13.9. The summed E-state index contributed by atoms with van der Waals surface area (Å²) in [6.07, 6.45) is 1.08. The number of carboxylic acids is 1. The average molecular weight is 451 g/mol. The fourth-order valence-corrected chi connectivity index (χ4v) is 2.89. The van der Waals surface area contributed by atoms with E-state index in [9.17, 15) is 34.5 Å². The van der Waals surface area contributed by atoms with Gasteiger partial charge in [0.1, 0.15) is 24.2 Å². The third-order valence-electron chi connectivity index (χ3n) is 4.20. The maximum Gasteiger partial charge on any atom is 0.326 e. The second-order valence-electron chi connectivity index (χ2n) is 7.38. The average Bonchev–Trinajstić information content (AvgIpc) is 2.66. The molecular weight excluding hydrogens is 416 g/mol. The molecule has 0 aliphatic carbocycles. The zero-order valence-electron chi connectivity index (χ0n) is 17.8. The molecule has 5 atom stereocenters. The number of amides is 3. The Morgan fingerprint density at radius 3 is 1.87 bits per heavy atom. The van der Waals surface area contributed by atoms with Gasteiger partial charge >= 0.3 is 5.97 Å². The monoisotopic (exact) mass is 450 g/mol. The maximum atomic E-state index is 12.6. The lowest BCUT2D eigenvalue weighted by Crippen LogP contribution is -2.59. The molecule has 0 saturated carbocycles. The number of carbonyl (C=O) groups is 4. The van der Waals surface area contributed by atoms with E-state index in [-0.39, 0.29) is 18.8 Å². The van der Waals surface area contributed by atoms with Crippen molar-refractivity contribution in [3.63, 3.8) is 0 Å². The minimum absolute atomic E-state index is 0.0257. The smallest absolute Gasteiger partial charge is 0.326 e. The molecule has 0 aromatic carbocycles. The van der Waals surface area contributed by atoms with Crippen molar-refractivity contribution in [3.8, 4) is 0 Å². The first-order valence-corrected chi connectivity index (χ1v) is 11.0. The van der Waals surface area contributed by atoms with Crippen LogP contribution in [0.5, 0.6) is 0 Å². The van der Waals surface area contributed by atoms with Crippen molar-refractivity contribution in [3.05, 3.63) is 0 Å². The predicted octanol–water partition coefficient (Wildman–Crippen LogP) is -1.97. The molecule has 11 nitrogen and oxygen atoms in total. The quantitative estimate of drug-likeness (QED) is 0.157. The van der Waals surface area contributed by atoms with Gasteiger partial charge in [0.2, 0.25) is 17.7 Å². The van der Waals surface area contributed by atoms with Crippen LogP contribution in [-0.4, -0.2) is 87.9 Å². The lowest BCUT2D eigenvalue weighted by Gasteiger charge is -2.25. The van der Waals surface area contributed by atoms with Gasteiger partial charge < -0.3 is 37.0 Å². The van der Waals surface area contributed by atoms with E-state index in [1.54, 1.807) is 0 Å². The van der Waals surface area contributed by atoms with E-state index in [0.717, 1.165) is 0 Å². The molecule has 0 aromatic rings. The molecule has 0 spiro atoms. The Labute approximate surface area is 180 Å². The zero-order chi connectivity index (χ0) is 23.4. The molecule has 0 heterocycles. The normalized spacial score (nSPS) is 16.1. The van der Waals surface area contributed by atoms with Crippen molar-refractivity contribution in [1.82, 2.24) is 16.0 Å². The number of aliphatic hydroxyl groups is 2. The largest absolute Gasteiger partial charge is 0.480 e. The number of carbonyl (C=O) groups excluding carboxylic acids is 3. The van der Waals surface area contributed by atoms with Crippen molar-refractivity contribution in [2.24, 2.45) is 11.7 Å². The van der Waals surface area contributed by atoms with Crippen LogP contribution in [-0.2, 0) is 19.2 Å². The van der Waals surface area contributed by atoms with Crippen LogP contribution in [0.25, 0.3) is 0 Å². The maximum absolute atomic E-state index is 12.6. The second kappa shape index (κ2) is 14.2. The van der Waals surface area contributed by atoms with Crippen LogP contribution < -0.4 is 21.7 Å². The van der Waals surface area contributed by atoms with E-state index < -0.39 is 60.6 Å². The summed E-state index contributed by atoms with van der Waals surface area (Å²) in [5, 5.41) is 35.2. The highest BCUT2D eigenvalue weighted by atomic mass is 32.2. The summed E-state index contributed by atoms with van der Waals surface area (Å²) >= 11 is 1.43. The minimum Gasteiger partial charge on any atom is -0.480 e. The number of aliphatic carboxylic acids is 1.